The maximum Gasteiger partial charge on any atom is 0.256 e. The van der Waals surface area contributed by atoms with Crippen LogP contribution in [-0.2, 0) is 11.3 Å². The van der Waals surface area contributed by atoms with Crippen molar-refractivity contribution in [3.05, 3.63) is 53.6 Å². The molecular weight excluding hydrogens is 385 g/mol. The second-order valence-corrected chi connectivity index (χ2v) is 8.06. The fourth-order valence-electron chi connectivity index (χ4n) is 4.11. The Morgan fingerprint density at radius 1 is 1.10 bits per heavy atom. The van der Waals surface area contributed by atoms with Crippen LogP contribution >= 0.6 is 0 Å². The molecule has 0 saturated carbocycles. The first kappa shape index (κ1) is 20.7. The van der Waals surface area contributed by atoms with Gasteiger partial charge in [-0.1, -0.05) is 12.1 Å². The molecule has 2 aliphatic heterocycles. The molecule has 8 heteroatoms. The number of ether oxygens (including phenoxy) is 1. The zero-order valence-electron chi connectivity index (χ0n) is 17.5. The van der Waals surface area contributed by atoms with Gasteiger partial charge < -0.3 is 14.5 Å². The van der Waals surface area contributed by atoms with Gasteiger partial charge in [-0.05, 0) is 32.0 Å². The molecule has 1 aromatic heterocycles. The molecule has 0 unspecified atom stereocenters. The van der Waals surface area contributed by atoms with Crippen LogP contribution in [0, 0.1) is 5.82 Å². The number of nitrogens with zero attached hydrogens (tertiary/aromatic N) is 5. The van der Waals surface area contributed by atoms with E-state index in [1.54, 1.807) is 29.3 Å². The molecule has 3 heterocycles. The van der Waals surface area contributed by atoms with E-state index in [-0.39, 0.29) is 23.7 Å². The van der Waals surface area contributed by atoms with Gasteiger partial charge in [-0.2, -0.15) is 0 Å². The molecule has 2 fully saturated rings. The molecule has 30 heavy (non-hydrogen) atoms. The minimum atomic E-state index is -0.467. The normalized spacial score (nSPS) is 22.9. The number of hydrogen-bond acceptors (Lipinski definition) is 6. The number of carbonyl (C=O) groups excluding carboxylic acids is 1. The average Bonchev–Trinajstić information content (AvgIpc) is 2.74. The van der Waals surface area contributed by atoms with Crippen LogP contribution in [0.15, 0.2) is 36.5 Å². The third-order valence-corrected chi connectivity index (χ3v) is 5.55. The van der Waals surface area contributed by atoms with Gasteiger partial charge in [0, 0.05) is 52.0 Å². The minimum Gasteiger partial charge on any atom is -0.372 e. The summed E-state index contributed by atoms with van der Waals surface area (Å²) in [5.74, 6) is 0.0284. The highest BCUT2D eigenvalue weighted by molar-refractivity contribution is 5.94. The monoisotopic (exact) mass is 413 g/mol. The van der Waals surface area contributed by atoms with Crippen molar-refractivity contribution in [2.45, 2.75) is 32.6 Å². The van der Waals surface area contributed by atoms with Crippen LogP contribution in [0.25, 0.3) is 0 Å². The molecule has 2 aromatic rings. The fourth-order valence-corrected chi connectivity index (χ4v) is 4.11. The van der Waals surface area contributed by atoms with Crippen molar-refractivity contribution in [2.24, 2.45) is 0 Å². The first-order valence-electron chi connectivity index (χ1n) is 10.5. The van der Waals surface area contributed by atoms with E-state index in [0.29, 0.717) is 19.6 Å². The molecule has 2 atom stereocenters. The van der Waals surface area contributed by atoms with E-state index in [1.807, 2.05) is 6.07 Å². The zero-order chi connectivity index (χ0) is 21.1. The van der Waals surface area contributed by atoms with E-state index in [2.05, 4.69) is 28.6 Å². The molecule has 0 N–H and O–H groups in total. The summed E-state index contributed by atoms with van der Waals surface area (Å²) in [5.41, 5.74) is 1.10. The second-order valence-electron chi connectivity index (χ2n) is 8.06. The zero-order valence-corrected chi connectivity index (χ0v) is 17.5. The SMILES string of the molecule is C[C@@H]1CN(c2nccc(CN3CCN(C(=O)c4ccccc4F)CC3)n2)C[C@@H](C)O1. The van der Waals surface area contributed by atoms with Crippen molar-refractivity contribution >= 4 is 11.9 Å². The molecular formula is C22H28FN5O2. The number of amides is 1. The van der Waals surface area contributed by atoms with Crippen molar-refractivity contribution in [3.63, 3.8) is 0 Å². The number of anilines is 1. The largest absolute Gasteiger partial charge is 0.372 e. The molecule has 2 saturated heterocycles. The molecule has 4 rings (SSSR count). The summed E-state index contributed by atoms with van der Waals surface area (Å²) in [6.07, 6.45) is 2.11. The predicted molar refractivity (Wildman–Crippen MR) is 112 cm³/mol. The van der Waals surface area contributed by atoms with Gasteiger partial charge in [-0.3, -0.25) is 9.69 Å². The van der Waals surface area contributed by atoms with Crippen LogP contribution in [-0.4, -0.2) is 77.2 Å². The molecule has 0 radical (unpaired) electrons. The third kappa shape index (κ3) is 4.76. The fraction of sp³-hybridized carbons (Fsp3) is 0.500. The van der Waals surface area contributed by atoms with Gasteiger partial charge in [0.05, 0.1) is 23.5 Å². The summed E-state index contributed by atoms with van der Waals surface area (Å²) >= 11 is 0. The summed E-state index contributed by atoms with van der Waals surface area (Å²) in [5, 5.41) is 0. The van der Waals surface area contributed by atoms with E-state index in [1.165, 1.54) is 6.07 Å². The Hall–Kier alpha value is -2.58. The van der Waals surface area contributed by atoms with Crippen molar-refractivity contribution in [1.29, 1.82) is 0 Å². The van der Waals surface area contributed by atoms with E-state index in [0.717, 1.165) is 37.8 Å². The number of benzene rings is 1. The standard InChI is InChI=1S/C22H28FN5O2/c1-16-13-28(14-17(2)30-16)22-24-8-7-18(25-22)15-26-9-11-27(12-10-26)21(29)19-5-3-4-6-20(19)23/h3-8,16-17H,9-15H2,1-2H3/t16-,17-/m1/s1. The highest BCUT2D eigenvalue weighted by atomic mass is 19.1. The van der Waals surface area contributed by atoms with E-state index < -0.39 is 5.82 Å². The van der Waals surface area contributed by atoms with Gasteiger partial charge in [0.15, 0.2) is 0 Å². The van der Waals surface area contributed by atoms with Crippen molar-refractivity contribution < 1.29 is 13.9 Å². The number of aromatic nitrogens is 2. The van der Waals surface area contributed by atoms with Gasteiger partial charge in [-0.25, -0.2) is 14.4 Å². The number of morpholine rings is 1. The maximum absolute atomic E-state index is 13.9. The lowest BCUT2D eigenvalue weighted by Crippen LogP contribution is -2.48. The Balaban J connectivity index is 1.34. The van der Waals surface area contributed by atoms with Gasteiger partial charge in [-0.15, -0.1) is 0 Å². The topological polar surface area (TPSA) is 61.8 Å². The van der Waals surface area contributed by atoms with Crippen LogP contribution in [0.3, 0.4) is 0 Å². The quantitative estimate of drug-likeness (QED) is 0.766. The van der Waals surface area contributed by atoms with E-state index in [9.17, 15) is 9.18 Å². The van der Waals surface area contributed by atoms with Crippen LogP contribution in [0.2, 0.25) is 0 Å². The third-order valence-electron chi connectivity index (χ3n) is 5.55. The summed E-state index contributed by atoms with van der Waals surface area (Å²) < 4.78 is 19.7. The van der Waals surface area contributed by atoms with E-state index >= 15 is 0 Å². The lowest BCUT2D eigenvalue weighted by atomic mass is 10.1. The number of piperazine rings is 1. The lowest BCUT2D eigenvalue weighted by Gasteiger charge is -2.36. The van der Waals surface area contributed by atoms with Crippen LogP contribution in [0.1, 0.15) is 29.9 Å². The molecule has 1 aromatic carbocycles. The molecule has 0 bridgehead atoms. The summed E-state index contributed by atoms with van der Waals surface area (Å²) in [7, 11) is 0. The molecule has 7 nitrogen and oxygen atoms in total. The van der Waals surface area contributed by atoms with Gasteiger partial charge in [0.25, 0.3) is 5.91 Å². The van der Waals surface area contributed by atoms with Gasteiger partial charge >= 0.3 is 0 Å². The Labute approximate surface area is 176 Å². The van der Waals surface area contributed by atoms with Crippen molar-refractivity contribution in [1.82, 2.24) is 19.8 Å². The molecule has 2 aliphatic rings. The van der Waals surface area contributed by atoms with Gasteiger partial charge in [0.2, 0.25) is 5.95 Å². The van der Waals surface area contributed by atoms with Crippen LogP contribution in [0.5, 0.6) is 0 Å². The van der Waals surface area contributed by atoms with Crippen molar-refractivity contribution in [2.75, 3.05) is 44.2 Å². The van der Waals surface area contributed by atoms with Gasteiger partial charge in [0.1, 0.15) is 5.82 Å². The summed E-state index contributed by atoms with van der Waals surface area (Å²) in [4.78, 5) is 28.0. The number of hydrogen-bond donors (Lipinski definition) is 0. The predicted octanol–water partition coefficient (Wildman–Crippen LogP) is 2.19. The summed E-state index contributed by atoms with van der Waals surface area (Å²) in [6, 6.07) is 8.09. The number of carbonyl (C=O) groups is 1. The number of halogens is 1. The maximum atomic E-state index is 13.9. The summed E-state index contributed by atoms with van der Waals surface area (Å²) in [6.45, 7) is 8.99. The first-order valence-corrected chi connectivity index (χ1v) is 10.5. The highest BCUT2D eigenvalue weighted by Crippen LogP contribution is 2.18. The Morgan fingerprint density at radius 2 is 1.80 bits per heavy atom. The first-order chi connectivity index (χ1) is 14.5. The Bertz CT molecular complexity index is 877. The number of rotatable bonds is 4. The van der Waals surface area contributed by atoms with Crippen LogP contribution < -0.4 is 4.90 Å². The molecule has 0 aliphatic carbocycles. The minimum absolute atomic E-state index is 0.139. The average molecular weight is 413 g/mol. The smallest absolute Gasteiger partial charge is 0.256 e. The molecule has 160 valence electrons. The van der Waals surface area contributed by atoms with E-state index in [4.69, 9.17) is 9.72 Å². The second kappa shape index (κ2) is 9.06. The van der Waals surface area contributed by atoms with Crippen LogP contribution in [0.4, 0.5) is 10.3 Å². The lowest BCUT2D eigenvalue weighted by molar-refractivity contribution is -0.00575. The van der Waals surface area contributed by atoms with Crippen molar-refractivity contribution in [3.8, 4) is 0 Å². The molecule has 0 spiro atoms. The molecule has 1 amide bonds. The highest BCUT2D eigenvalue weighted by Gasteiger charge is 2.26. The Morgan fingerprint density at radius 3 is 2.50 bits per heavy atom. The Kier molecular flexibility index (Phi) is 6.24.